The minimum absolute atomic E-state index is 0. The molecule has 2 aliphatic rings. The topological polar surface area (TPSA) is 43.9 Å². The van der Waals surface area contributed by atoms with Crippen molar-refractivity contribution in [2.24, 2.45) is 0 Å². The zero-order valence-electron chi connectivity index (χ0n) is 16.9. The number of benzene rings is 2. The maximum absolute atomic E-state index is 14.0. The van der Waals surface area contributed by atoms with Crippen LogP contribution in [0.25, 0.3) is 0 Å². The summed E-state index contributed by atoms with van der Waals surface area (Å²) in [4.78, 5) is 31.5. The monoisotopic (exact) mass is 431 g/mol. The van der Waals surface area contributed by atoms with Gasteiger partial charge in [-0.2, -0.15) is 0 Å². The molecule has 1 atom stereocenters. The van der Waals surface area contributed by atoms with Gasteiger partial charge in [0.2, 0.25) is 5.91 Å². The summed E-state index contributed by atoms with van der Waals surface area (Å²) in [5.41, 5.74) is 1.26. The minimum Gasteiger partial charge on any atom is -0.337 e. The second kappa shape index (κ2) is 10.0. The Morgan fingerprint density at radius 2 is 1.67 bits per heavy atom. The molecule has 2 amide bonds. The van der Waals surface area contributed by atoms with Gasteiger partial charge < -0.3 is 9.80 Å². The van der Waals surface area contributed by atoms with Crippen molar-refractivity contribution in [2.75, 3.05) is 32.7 Å². The van der Waals surface area contributed by atoms with Gasteiger partial charge in [-0.15, -0.1) is 12.4 Å². The lowest BCUT2D eigenvalue weighted by atomic mass is 10.2. The molecule has 2 heterocycles. The number of rotatable bonds is 4. The first-order valence-corrected chi connectivity index (χ1v) is 10.2. The highest BCUT2D eigenvalue weighted by molar-refractivity contribution is 5.94. The molecule has 4 rings (SSSR count). The number of nitrogens with zero attached hydrogens (tertiary/aromatic N) is 3. The van der Waals surface area contributed by atoms with Crippen LogP contribution in [-0.4, -0.2) is 65.3 Å². The normalized spacial score (nSPS) is 20.0. The van der Waals surface area contributed by atoms with Crippen molar-refractivity contribution in [2.45, 2.75) is 25.4 Å². The van der Waals surface area contributed by atoms with E-state index in [1.165, 1.54) is 12.1 Å². The molecule has 2 aromatic rings. The number of hydrogen-bond donors (Lipinski definition) is 0. The van der Waals surface area contributed by atoms with E-state index in [2.05, 4.69) is 4.90 Å². The summed E-state index contributed by atoms with van der Waals surface area (Å²) in [7, 11) is 0. The molecular weight excluding hydrogens is 405 g/mol. The second-order valence-corrected chi connectivity index (χ2v) is 7.71. The van der Waals surface area contributed by atoms with Gasteiger partial charge in [0.15, 0.2) is 0 Å². The third-order valence-electron chi connectivity index (χ3n) is 5.85. The molecule has 2 aromatic carbocycles. The number of hydrogen-bond acceptors (Lipinski definition) is 3. The highest BCUT2D eigenvalue weighted by Gasteiger charge is 2.36. The van der Waals surface area contributed by atoms with Crippen molar-refractivity contribution in [3.05, 3.63) is 71.5 Å². The summed E-state index contributed by atoms with van der Waals surface area (Å²) in [6, 6.07) is 16.0. The predicted octanol–water partition coefficient (Wildman–Crippen LogP) is 3.20. The quantitative estimate of drug-likeness (QED) is 0.746. The average Bonchev–Trinajstić information content (AvgIpc) is 2.94. The van der Waals surface area contributed by atoms with Crippen LogP contribution in [0, 0.1) is 5.82 Å². The molecule has 0 saturated carbocycles. The average molecular weight is 432 g/mol. The lowest BCUT2D eigenvalue weighted by Crippen LogP contribution is -2.44. The van der Waals surface area contributed by atoms with E-state index in [1.807, 2.05) is 35.2 Å². The number of halogens is 2. The molecule has 30 heavy (non-hydrogen) atoms. The van der Waals surface area contributed by atoms with Crippen molar-refractivity contribution < 1.29 is 14.0 Å². The maximum atomic E-state index is 14.0. The lowest BCUT2D eigenvalue weighted by molar-refractivity contribution is -0.132. The largest absolute Gasteiger partial charge is 0.337 e. The van der Waals surface area contributed by atoms with Crippen molar-refractivity contribution in [3.8, 4) is 0 Å². The first-order chi connectivity index (χ1) is 14.1. The molecule has 0 bridgehead atoms. The Labute approximate surface area is 182 Å². The van der Waals surface area contributed by atoms with E-state index in [1.54, 1.807) is 17.0 Å². The fourth-order valence-electron chi connectivity index (χ4n) is 4.28. The molecule has 0 N–H and O–H groups in total. The van der Waals surface area contributed by atoms with Gasteiger partial charge in [0, 0.05) is 39.3 Å². The molecule has 2 fully saturated rings. The van der Waals surface area contributed by atoms with Crippen LogP contribution in [-0.2, 0) is 11.3 Å². The van der Waals surface area contributed by atoms with Gasteiger partial charge in [-0.05, 0) is 30.5 Å². The fraction of sp³-hybridized carbons (Fsp3) is 0.391. The maximum Gasteiger partial charge on any atom is 0.256 e. The Morgan fingerprint density at radius 1 is 0.933 bits per heavy atom. The van der Waals surface area contributed by atoms with Crippen molar-refractivity contribution in [1.82, 2.24) is 14.7 Å². The van der Waals surface area contributed by atoms with Crippen LogP contribution >= 0.6 is 12.4 Å². The zero-order valence-corrected chi connectivity index (χ0v) is 17.7. The van der Waals surface area contributed by atoms with E-state index in [0.29, 0.717) is 26.2 Å². The van der Waals surface area contributed by atoms with Crippen molar-refractivity contribution >= 4 is 24.2 Å². The number of carbonyl (C=O) groups excluding carboxylic acids is 2. The Morgan fingerprint density at radius 3 is 2.43 bits per heavy atom. The smallest absolute Gasteiger partial charge is 0.256 e. The molecule has 0 radical (unpaired) electrons. The minimum atomic E-state index is -0.485. The van der Waals surface area contributed by atoms with Gasteiger partial charge in [-0.1, -0.05) is 42.5 Å². The summed E-state index contributed by atoms with van der Waals surface area (Å²) in [5.74, 6) is -0.586. The van der Waals surface area contributed by atoms with Crippen LogP contribution in [0.1, 0.15) is 28.8 Å². The highest BCUT2D eigenvalue weighted by Crippen LogP contribution is 2.22. The first-order valence-electron chi connectivity index (χ1n) is 10.2. The molecule has 7 heteroatoms. The lowest BCUT2D eigenvalue weighted by Gasteiger charge is -2.26. The van der Waals surface area contributed by atoms with Gasteiger partial charge in [0.05, 0.1) is 11.6 Å². The molecular formula is C23H27ClFN3O2. The molecule has 5 nitrogen and oxygen atoms in total. The van der Waals surface area contributed by atoms with E-state index < -0.39 is 5.82 Å². The van der Waals surface area contributed by atoms with E-state index in [9.17, 15) is 14.0 Å². The Hall–Kier alpha value is -2.44. The van der Waals surface area contributed by atoms with Gasteiger partial charge in [0.1, 0.15) is 5.82 Å². The molecule has 1 unspecified atom stereocenters. The molecule has 0 spiro atoms. The third kappa shape index (κ3) is 4.82. The van der Waals surface area contributed by atoms with Crippen molar-refractivity contribution in [1.29, 1.82) is 0 Å². The number of carbonyl (C=O) groups is 2. The summed E-state index contributed by atoms with van der Waals surface area (Å²) in [6.45, 7) is 3.90. The van der Waals surface area contributed by atoms with E-state index in [4.69, 9.17) is 0 Å². The third-order valence-corrected chi connectivity index (χ3v) is 5.85. The summed E-state index contributed by atoms with van der Waals surface area (Å²) in [5, 5.41) is 0. The van der Waals surface area contributed by atoms with E-state index >= 15 is 0 Å². The molecule has 2 saturated heterocycles. The summed E-state index contributed by atoms with van der Waals surface area (Å²) < 4.78 is 14.0. The molecule has 0 aromatic heterocycles. The van der Waals surface area contributed by atoms with E-state index in [0.717, 1.165) is 31.5 Å². The molecule has 0 aliphatic carbocycles. The van der Waals surface area contributed by atoms with Crippen LogP contribution in [0.4, 0.5) is 4.39 Å². The number of likely N-dealkylation sites (tertiary alicyclic amines) is 1. The van der Waals surface area contributed by atoms with Gasteiger partial charge in [-0.25, -0.2) is 4.39 Å². The number of amides is 2. The molecule has 2 aliphatic heterocycles. The van der Waals surface area contributed by atoms with E-state index in [-0.39, 0.29) is 35.8 Å². The molecule has 160 valence electrons. The Kier molecular flexibility index (Phi) is 7.45. The van der Waals surface area contributed by atoms with Crippen LogP contribution < -0.4 is 0 Å². The van der Waals surface area contributed by atoms with Crippen LogP contribution in [0.15, 0.2) is 54.6 Å². The van der Waals surface area contributed by atoms with Crippen LogP contribution in [0.5, 0.6) is 0 Å². The summed E-state index contributed by atoms with van der Waals surface area (Å²) >= 11 is 0. The Balaban J connectivity index is 0.00000256. The van der Waals surface area contributed by atoms with Gasteiger partial charge >= 0.3 is 0 Å². The van der Waals surface area contributed by atoms with Gasteiger partial charge in [-0.3, -0.25) is 14.5 Å². The first kappa shape index (κ1) is 22.2. The zero-order chi connectivity index (χ0) is 20.2. The van der Waals surface area contributed by atoms with Crippen molar-refractivity contribution in [3.63, 3.8) is 0 Å². The van der Waals surface area contributed by atoms with Crippen LogP contribution in [0.2, 0.25) is 0 Å². The SMILES string of the molecule is Cl.O=C(c1ccccc1F)N1CCCN(C2CCN(Cc3ccccc3)C2=O)CC1. The van der Waals surface area contributed by atoms with Gasteiger partial charge in [0.25, 0.3) is 5.91 Å². The standard InChI is InChI=1S/C23H26FN3O2.ClH/c24-20-10-5-4-9-19(20)22(28)26-13-6-12-25(15-16-26)21-11-14-27(23(21)29)17-18-7-2-1-3-8-18;/h1-5,7-10,21H,6,11-17H2;1H. The highest BCUT2D eigenvalue weighted by atomic mass is 35.5. The van der Waals surface area contributed by atoms with Crippen LogP contribution in [0.3, 0.4) is 0 Å². The predicted molar refractivity (Wildman–Crippen MR) is 116 cm³/mol. The second-order valence-electron chi connectivity index (χ2n) is 7.71. The Bertz CT molecular complexity index is 880. The fourth-order valence-corrected chi connectivity index (χ4v) is 4.28. The summed E-state index contributed by atoms with van der Waals surface area (Å²) in [6.07, 6.45) is 1.59.